The first-order valence-corrected chi connectivity index (χ1v) is 7.17. The van der Waals surface area contributed by atoms with Crippen molar-refractivity contribution in [1.82, 2.24) is 4.57 Å². The summed E-state index contributed by atoms with van der Waals surface area (Å²) < 4.78 is 15.9. The van der Waals surface area contributed by atoms with Crippen molar-refractivity contribution in [3.8, 4) is 0 Å². The largest absolute Gasteiger partial charge is 0.377 e. The molecular formula is C17H16ClFN2. The van der Waals surface area contributed by atoms with Crippen LogP contribution in [-0.2, 0) is 13.6 Å². The Morgan fingerprint density at radius 1 is 1.19 bits per heavy atom. The van der Waals surface area contributed by atoms with Crippen molar-refractivity contribution in [2.24, 2.45) is 7.05 Å². The third kappa shape index (κ3) is 2.49. The van der Waals surface area contributed by atoms with Crippen LogP contribution in [0.2, 0.25) is 5.02 Å². The van der Waals surface area contributed by atoms with Gasteiger partial charge in [0.2, 0.25) is 0 Å². The van der Waals surface area contributed by atoms with Crippen LogP contribution in [0.1, 0.15) is 11.3 Å². The normalized spacial score (nSPS) is 11.0. The average Bonchev–Trinajstić information content (AvgIpc) is 2.71. The summed E-state index contributed by atoms with van der Waals surface area (Å²) in [5.41, 5.74) is 4.01. The van der Waals surface area contributed by atoms with Crippen LogP contribution in [0.15, 0.2) is 42.5 Å². The third-order valence-electron chi connectivity index (χ3n) is 3.88. The van der Waals surface area contributed by atoms with Crippen molar-refractivity contribution in [2.45, 2.75) is 13.5 Å². The number of halogens is 2. The first kappa shape index (κ1) is 14.0. The van der Waals surface area contributed by atoms with Gasteiger partial charge in [0.05, 0.1) is 12.2 Å². The summed E-state index contributed by atoms with van der Waals surface area (Å²) in [5.74, 6) is -0.334. The van der Waals surface area contributed by atoms with Gasteiger partial charge in [0, 0.05) is 28.7 Å². The van der Waals surface area contributed by atoms with Crippen LogP contribution in [0, 0.1) is 12.7 Å². The molecule has 0 saturated carbocycles. The molecule has 3 aromatic rings. The second kappa shape index (κ2) is 5.41. The topological polar surface area (TPSA) is 17.0 Å². The molecule has 0 spiro atoms. The number of rotatable bonds is 3. The molecule has 2 aromatic carbocycles. The predicted octanol–water partition coefficient (Wildman–Crippen LogP) is 4.89. The minimum absolute atomic E-state index is 0.334. The highest BCUT2D eigenvalue weighted by atomic mass is 35.5. The van der Waals surface area contributed by atoms with Gasteiger partial charge in [-0.3, -0.25) is 0 Å². The number of para-hydroxylation sites is 1. The van der Waals surface area contributed by atoms with Crippen molar-refractivity contribution in [3.05, 3.63) is 64.6 Å². The van der Waals surface area contributed by atoms with Gasteiger partial charge < -0.3 is 9.88 Å². The highest BCUT2D eigenvalue weighted by Crippen LogP contribution is 2.26. The van der Waals surface area contributed by atoms with Crippen molar-refractivity contribution >= 4 is 28.2 Å². The van der Waals surface area contributed by atoms with Crippen LogP contribution in [0.5, 0.6) is 0 Å². The number of benzene rings is 2. The highest BCUT2D eigenvalue weighted by Gasteiger charge is 2.11. The Morgan fingerprint density at radius 2 is 1.95 bits per heavy atom. The van der Waals surface area contributed by atoms with E-state index in [1.807, 2.05) is 19.2 Å². The Bertz CT molecular complexity index is 769. The van der Waals surface area contributed by atoms with E-state index in [-0.39, 0.29) is 5.82 Å². The molecule has 0 saturated heterocycles. The zero-order chi connectivity index (χ0) is 15.0. The molecule has 0 amide bonds. The van der Waals surface area contributed by atoms with Gasteiger partial charge in [-0.05, 0) is 36.8 Å². The summed E-state index contributed by atoms with van der Waals surface area (Å²) in [5, 5.41) is 4.78. The van der Waals surface area contributed by atoms with E-state index in [2.05, 4.69) is 28.9 Å². The minimum Gasteiger partial charge on any atom is -0.377 e. The highest BCUT2D eigenvalue weighted by molar-refractivity contribution is 6.30. The average molecular weight is 303 g/mol. The molecule has 0 aliphatic rings. The van der Waals surface area contributed by atoms with E-state index in [0.29, 0.717) is 17.3 Å². The minimum atomic E-state index is -0.334. The van der Waals surface area contributed by atoms with Gasteiger partial charge >= 0.3 is 0 Å². The van der Waals surface area contributed by atoms with Crippen molar-refractivity contribution in [1.29, 1.82) is 0 Å². The summed E-state index contributed by atoms with van der Waals surface area (Å²) in [7, 11) is 2.03. The molecule has 3 rings (SSSR count). The Kier molecular flexibility index (Phi) is 3.60. The van der Waals surface area contributed by atoms with Gasteiger partial charge in [-0.2, -0.15) is 0 Å². The quantitative estimate of drug-likeness (QED) is 0.729. The molecular weight excluding hydrogens is 287 g/mol. The monoisotopic (exact) mass is 302 g/mol. The lowest BCUT2D eigenvalue weighted by Crippen LogP contribution is -2.07. The molecule has 0 aliphatic heterocycles. The van der Waals surface area contributed by atoms with Gasteiger partial charge in [-0.25, -0.2) is 4.39 Å². The molecule has 1 heterocycles. The number of aromatic nitrogens is 1. The molecule has 0 fully saturated rings. The molecule has 1 N–H and O–H groups in total. The van der Waals surface area contributed by atoms with Gasteiger partial charge in [-0.15, -0.1) is 0 Å². The van der Waals surface area contributed by atoms with Crippen LogP contribution in [0.25, 0.3) is 10.9 Å². The Balaban J connectivity index is 1.92. The number of anilines is 1. The van der Waals surface area contributed by atoms with Crippen LogP contribution < -0.4 is 5.32 Å². The Labute approximate surface area is 128 Å². The first-order valence-electron chi connectivity index (χ1n) is 6.79. The van der Waals surface area contributed by atoms with Crippen LogP contribution in [-0.4, -0.2) is 4.57 Å². The summed E-state index contributed by atoms with van der Waals surface area (Å²) >= 11 is 5.77. The van der Waals surface area contributed by atoms with E-state index in [9.17, 15) is 4.39 Å². The second-order valence-electron chi connectivity index (χ2n) is 5.13. The number of hydrogen-bond acceptors (Lipinski definition) is 1. The number of nitrogens with one attached hydrogen (secondary N) is 1. The molecule has 0 radical (unpaired) electrons. The van der Waals surface area contributed by atoms with Gasteiger partial charge in [0.25, 0.3) is 0 Å². The lowest BCUT2D eigenvalue weighted by Gasteiger charge is -2.10. The van der Waals surface area contributed by atoms with Crippen LogP contribution >= 0.6 is 11.6 Å². The maximum Gasteiger partial charge on any atom is 0.147 e. The van der Waals surface area contributed by atoms with Gasteiger partial charge in [-0.1, -0.05) is 29.8 Å². The van der Waals surface area contributed by atoms with E-state index in [1.165, 1.54) is 22.5 Å². The van der Waals surface area contributed by atoms with Crippen LogP contribution in [0.4, 0.5) is 10.1 Å². The molecule has 0 bridgehead atoms. The second-order valence-corrected chi connectivity index (χ2v) is 5.56. The van der Waals surface area contributed by atoms with Crippen molar-refractivity contribution in [3.63, 3.8) is 0 Å². The standard InChI is InChI=1S/C17H16ClFN2/c1-11-13-5-3-4-6-16(13)21(2)17(11)10-20-15-8-7-12(18)9-14(15)19/h3-9,20H,10H2,1-2H3. The first-order chi connectivity index (χ1) is 10.1. The zero-order valence-corrected chi connectivity index (χ0v) is 12.7. The summed E-state index contributed by atoms with van der Waals surface area (Å²) in [6.45, 7) is 2.66. The zero-order valence-electron chi connectivity index (χ0n) is 12.0. The fourth-order valence-corrected chi connectivity index (χ4v) is 2.86. The summed E-state index contributed by atoms with van der Waals surface area (Å²) in [4.78, 5) is 0. The number of nitrogens with zero attached hydrogens (tertiary/aromatic N) is 1. The van der Waals surface area contributed by atoms with E-state index < -0.39 is 0 Å². The molecule has 0 atom stereocenters. The maximum absolute atomic E-state index is 13.8. The van der Waals surface area contributed by atoms with Gasteiger partial charge in [0.15, 0.2) is 0 Å². The fraction of sp³-hybridized carbons (Fsp3) is 0.176. The Morgan fingerprint density at radius 3 is 2.67 bits per heavy atom. The van der Waals surface area contributed by atoms with E-state index in [4.69, 9.17) is 11.6 Å². The number of aryl methyl sites for hydroxylation is 2. The number of fused-ring (bicyclic) bond motifs is 1. The molecule has 1 aromatic heterocycles. The van der Waals surface area contributed by atoms with E-state index in [0.717, 1.165) is 5.69 Å². The lowest BCUT2D eigenvalue weighted by atomic mass is 10.1. The van der Waals surface area contributed by atoms with Crippen molar-refractivity contribution < 1.29 is 4.39 Å². The molecule has 0 aliphatic carbocycles. The van der Waals surface area contributed by atoms with E-state index >= 15 is 0 Å². The molecule has 4 heteroatoms. The summed E-state index contributed by atoms with van der Waals surface area (Å²) in [6, 6.07) is 12.9. The Hall–Kier alpha value is -2.00. The predicted molar refractivity (Wildman–Crippen MR) is 86.4 cm³/mol. The molecule has 2 nitrogen and oxygen atoms in total. The fourth-order valence-electron chi connectivity index (χ4n) is 2.70. The molecule has 21 heavy (non-hydrogen) atoms. The summed E-state index contributed by atoms with van der Waals surface area (Å²) in [6.07, 6.45) is 0. The van der Waals surface area contributed by atoms with Crippen molar-refractivity contribution in [2.75, 3.05) is 5.32 Å². The molecule has 108 valence electrons. The number of hydrogen-bond donors (Lipinski definition) is 1. The lowest BCUT2D eigenvalue weighted by molar-refractivity contribution is 0.629. The smallest absolute Gasteiger partial charge is 0.147 e. The molecule has 0 unspecified atom stereocenters. The van der Waals surface area contributed by atoms with Gasteiger partial charge in [0.1, 0.15) is 5.82 Å². The SMILES string of the molecule is Cc1c(CNc2ccc(Cl)cc2F)n(C)c2ccccc12. The maximum atomic E-state index is 13.8. The van der Waals surface area contributed by atoms with E-state index in [1.54, 1.807) is 12.1 Å². The third-order valence-corrected chi connectivity index (χ3v) is 4.12. The van der Waals surface area contributed by atoms with Crippen LogP contribution in [0.3, 0.4) is 0 Å².